The number of halogens is 4. The SMILES string of the molecule is C#CCOc1ccccc1C(=O)SCCc1ccccc1[N+]#N.F[B-](F)(F)F. The molecule has 0 atom stereocenters. The molecule has 0 spiro atoms. The van der Waals surface area contributed by atoms with Crippen LogP contribution in [0.15, 0.2) is 48.5 Å². The molecule has 4 nitrogen and oxygen atoms in total. The standard InChI is InChI=1S/C18H15N2O2S.BF4/c1-2-12-22-17-10-6-4-8-15(17)18(21)23-13-11-14-7-3-5-9-16(14)20-19;2-1(3,4)5/h1,3-10H,11-13H2;/q+1;-1. The average molecular weight is 410 g/mol. The van der Waals surface area contributed by atoms with Crippen molar-refractivity contribution in [3.63, 3.8) is 0 Å². The van der Waals surface area contributed by atoms with Crippen molar-refractivity contribution in [1.82, 2.24) is 0 Å². The van der Waals surface area contributed by atoms with Gasteiger partial charge in [0.25, 0.3) is 0 Å². The Kier molecular flexibility index (Phi) is 9.62. The second-order valence-electron chi connectivity index (χ2n) is 5.10. The van der Waals surface area contributed by atoms with Crippen LogP contribution in [0.1, 0.15) is 15.9 Å². The van der Waals surface area contributed by atoms with Gasteiger partial charge in [-0.25, -0.2) is 0 Å². The number of hydrogen-bond donors (Lipinski definition) is 0. The highest BCUT2D eigenvalue weighted by Gasteiger charge is 2.20. The normalized spacial score (nSPS) is 10.1. The molecule has 0 unspecified atom stereocenters. The zero-order chi connectivity index (χ0) is 21.0. The van der Waals surface area contributed by atoms with Crippen molar-refractivity contribution in [2.75, 3.05) is 12.4 Å². The first kappa shape index (κ1) is 23.1. The number of carbonyl (C=O) groups is 1. The number of thioether (sulfide) groups is 1. The molecule has 0 saturated heterocycles. The highest BCUT2D eigenvalue weighted by molar-refractivity contribution is 8.14. The Bertz CT molecular complexity index is 873. The molecule has 2 rings (SSSR count). The lowest BCUT2D eigenvalue weighted by molar-refractivity contribution is 0.108. The molecule has 2 aromatic carbocycles. The second kappa shape index (κ2) is 11.7. The zero-order valence-electron chi connectivity index (χ0n) is 14.5. The van der Waals surface area contributed by atoms with E-state index in [1.807, 2.05) is 12.1 Å². The van der Waals surface area contributed by atoms with Crippen LogP contribution in [0.3, 0.4) is 0 Å². The number of ether oxygens (including phenoxy) is 1. The number of benzene rings is 2. The number of rotatable bonds is 6. The van der Waals surface area contributed by atoms with E-state index in [0.717, 1.165) is 5.56 Å². The van der Waals surface area contributed by atoms with Crippen molar-refractivity contribution < 1.29 is 26.8 Å². The molecule has 0 saturated carbocycles. The number of para-hydroxylation sites is 1. The fourth-order valence-electron chi connectivity index (χ4n) is 2.03. The summed E-state index contributed by atoms with van der Waals surface area (Å²) >= 11 is 1.20. The predicted octanol–water partition coefficient (Wildman–Crippen LogP) is 5.60. The van der Waals surface area contributed by atoms with Crippen LogP contribution in [0, 0.1) is 17.7 Å². The minimum Gasteiger partial charge on any atom is -0.480 e. The summed E-state index contributed by atoms with van der Waals surface area (Å²) in [7, 11) is -6.00. The molecule has 0 N–H and O–H groups in total. The summed E-state index contributed by atoms with van der Waals surface area (Å²) in [6.07, 6.45) is 5.81. The fraction of sp³-hybridized carbons (Fsp3) is 0.167. The summed E-state index contributed by atoms with van der Waals surface area (Å²) in [5.74, 6) is 3.46. The van der Waals surface area contributed by atoms with Gasteiger partial charge in [0.05, 0.1) is 5.56 Å². The van der Waals surface area contributed by atoms with Crippen molar-refractivity contribution in [3.05, 3.63) is 64.6 Å². The Morgan fingerprint density at radius 1 is 1.14 bits per heavy atom. The predicted molar refractivity (Wildman–Crippen MR) is 103 cm³/mol. The second-order valence-corrected chi connectivity index (χ2v) is 6.17. The van der Waals surface area contributed by atoms with Gasteiger partial charge >= 0.3 is 12.9 Å². The van der Waals surface area contributed by atoms with Gasteiger partial charge in [-0.15, -0.1) is 6.42 Å². The van der Waals surface area contributed by atoms with Gasteiger partial charge in [0.15, 0.2) is 4.98 Å². The van der Waals surface area contributed by atoms with E-state index in [9.17, 15) is 22.1 Å². The Morgan fingerprint density at radius 3 is 2.39 bits per heavy atom. The molecule has 0 fully saturated rings. The van der Waals surface area contributed by atoms with Crippen LogP contribution >= 0.6 is 11.8 Å². The number of nitrogens with zero attached hydrogens (tertiary/aromatic N) is 2. The molecular formula is C18H15BF4N2O2S. The zero-order valence-corrected chi connectivity index (χ0v) is 15.3. The highest BCUT2D eigenvalue weighted by Crippen LogP contribution is 2.25. The largest absolute Gasteiger partial charge is 0.673 e. The molecule has 28 heavy (non-hydrogen) atoms. The molecule has 0 aromatic heterocycles. The van der Waals surface area contributed by atoms with Gasteiger partial charge in [0.2, 0.25) is 10.5 Å². The third-order valence-corrected chi connectivity index (χ3v) is 4.01. The minimum absolute atomic E-state index is 0.0731. The number of carbonyl (C=O) groups excluding carboxylic acids is 1. The first-order valence-electron chi connectivity index (χ1n) is 7.89. The number of diazo groups is 1. The first-order valence-corrected chi connectivity index (χ1v) is 8.87. The van der Waals surface area contributed by atoms with E-state index in [1.54, 1.807) is 36.4 Å². The van der Waals surface area contributed by atoms with Crippen molar-refractivity contribution >= 4 is 29.8 Å². The Balaban J connectivity index is 0.000000696. The van der Waals surface area contributed by atoms with Gasteiger partial charge in [-0.05, 0) is 18.6 Å². The Labute approximate surface area is 164 Å². The van der Waals surface area contributed by atoms with Crippen molar-refractivity contribution in [1.29, 1.82) is 5.39 Å². The van der Waals surface area contributed by atoms with Crippen LogP contribution in [-0.2, 0) is 6.42 Å². The maximum absolute atomic E-state index is 12.3. The molecule has 0 heterocycles. The van der Waals surface area contributed by atoms with Gasteiger partial charge in [0.1, 0.15) is 12.4 Å². The number of aryl methyl sites for hydroxylation is 1. The highest BCUT2D eigenvalue weighted by atomic mass is 32.2. The van der Waals surface area contributed by atoms with E-state index >= 15 is 0 Å². The molecule has 146 valence electrons. The molecule has 0 aliphatic heterocycles. The summed E-state index contributed by atoms with van der Waals surface area (Å²) in [5, 5.41) is 8.87. The van der Waals surface area contributed by atoms with E-state index < -0.39 is 7.25 Å². The van der Waals surface area contributed by atoms with Gasteiger partial charge in [0, 0.05) is 17.4 Å². The number of terminal acetylenes is 1. The average Bonchev–Trinajstić information content (AvgIpc) is 2.65. The molecule has 0 amide bonds. The molecule has 0 aliphatic carbocycles. The molecule has 10 heteroatoms. The fourth-order valence-corrected chi connectivity index (χ4v) is 2.86. The van der Waals surface area contributed by atoms with Crippen molar-refractivity contribution in [3.8, 4) is 18.1 Å². The van der Waals surface area contributed by atoms with Gasteiger partial charge in [-0.2, -0.15) is 0 Å². The maximum Gasteiger partial charge on any atom is 0.673 e. The molecule has 2 aromatic rings. The van der Waals surface area contributed by atoms with E-state index in [-0.39, 0.29) is 11.7 Å². The van der Waals surface area contributed by atoms with Crippen LogP contribution < -0.4 is 4.74 Å². The van der Waals surface area contributed by atoms with Crippen LogP contribution in [0.4, 0.5) is 23.0 Å². The van der Waals surface area contributed by atoms with E-state index in [2.05, 4.69) is 10.9 Å². The van der Waals surface area contributed by atoms with E-state index in [1.165, 1.54) is 11.8 Å². The van der Waals surface area contributed by atoms with Gasteiger partial charge < -0.3 is 22.0 Å². The summed E-state index contributed by atoms with van der Waals surface area (Å²) in [4.78, 5) is 15.6. The van der Waals surface area contributed by atoms with Crippen molar-refractivity contribution in [2.45, 2.75) is 6.42 Å². The van der Waals surface area contributed by atoms with Gasteiger partial charge in [-0.3, -0.25) is 4.79 Å². The van der Waals surface area contributed by atoms with Gasteiger partial charge in [-0.1, -0.05) is 48.0 Å². The quantitative estimate of drug-likeness (QED) is 0.269. The first-order chi connectivity index (χ1) is 13.3. The van der Waals surface area contributed by atoms with Crippen LogP contribution in [0.5, 0.6) is 5.75 Å². The lowest BCUT2D eigenvalue weighted by Crippen LogP contribution is -2.02. The third-order valence-electron chi connectivity index (χ3n) is 3.12. The van der Waals surface area contributed by atoms with Crippen LogP contribution in [0.2, 0.25) is 0 Å². The van der Waals surface area contributed by atoms with Crippen LogP contribution in [0.25, 0.3) is 4.98 Å². The third kappa shape index (κ3) is 9.10. The molecule has 0 aliphatic rings. The lowest BCUT2D eigenvalue weighted by atomic mass is 10.1. The topological polar surface area (TPSA) is 54.5 Å². The van der Waals surface area contributed by atoms with Crippen LogP contribution in [-0.4, -0.2) is 24.7 Å². The lowest BCUT2D eigenvalue weighted by Gasteiger charge is -2.08. The maximum atomic E-state index is 12.3. The minimum atomic E-state index is -6.00. The summed E-state index contributed by atoms with van der Waals surface area (Å²) in [6.45, 7) is 0.125. The molecular weight excluding hydrogens is 395 g/mol. The monoisotopic (exact) mass is 410 g/mol. The molecule has 0 radical (unpaired) electrons. The smallest absolute Gasteiger partial charge is 0.480 e. The van der Waals surface area contributed by atoms with E-state index in [4.69, 9.17) is 16.6 Å². The van der Waals surface area contributed by atoms with Crippen molar-refractivity contribution in [2.24, 2.45) is 0 Å². The molecule has 0 bridgehead atoms. The number of hydrogen-bond acceptors (Lipinski definition) is 4. The summed E-state index contributed by atoms with van der Waals surface area (Å²) < 4.78 is 44.4. The Morgan fingerprint density at radius 2 is 1.75 bits per heavy atom. The summed E-state index contributed by atoms with van der Waals surface area (Å²) in [6, 6.07) is 14.3. The van der Waals surface area contributed by atoms with E-state index in [0.29, 0.717) is 29.2 Å². The summed E-state index contributed by atoms with van der Waals surface area (Å²) in [5.41, 5.74) is 1.93. The Hall–Kier alpha value is -2.98.